The van der Waals surface area contributed by atoms with Crippen molar-refractivity contribution in [3.63, 3.8) is 0 Å². The summed E-state index contributed by atoms with van der Waals surface area (Å²) in [6.07, 6.45) is 0.524. The van der Waals surface area contributed by atoms with Crippen molar-refractivity contribution >= 4 is 23.0 Å². The molecule has 1 unspecified atom stereocenters. The number of rotatable bonds is 10. The molecule has 0 saturated carbocycles. The number of amides is 1. The van der Waals surface area contributed by atoms with E-state index in [2.05, 4.69) is 4.98 Å². The van der Waals surface area contributed by atoms with E-state index in [9.17, 15) is 14.7 Å². The zero-order chi connectivity index (χ0) is 24.3. The van der Waals surface area contributed by atoms with Crippen molar-refractivity contribution in [3.05, 3.63) is 44.6 Å². The van der Waals surface area contributed by atoms with Gasteiger partial charge in [0.15, 0.2) is 17.3 Å². The summed E-state index contributed by atoms with van der Waals surface area (Å²) in [5.41, 5.74) is 1.09. The molecule has 1 aromatic carbocycles. The van der Waals surface area contributed by atoms with Crippen molar-refractivity contribution in [1.82, 2.24) is 9.88 Å². The molecule has 1 atom stereocenters. The van der Waals surface area contributed by atoms with E-state index in [1.807, 2.05) is 0 Å². The minimum Gasteiger partial charge on any atom is -0.503 e. The van der Waals surface area contributed by atoms with Crippen LogP contribution in [0.2, 0.25) is 0 Å². The third-order valence-electron chi connectivity index (χ3n) is 5.41. The number of Topliss-reactive ketones (excluding diaryl/α,β-unsaturated/α-hetero) is 1. The minimum absolute atomic E-state index is 0.00144. The highest BCUT2D eigenvalue weighted by atomic mass is 32.1. The third-order valence-corrected chi connectivity index (χ3v) is 6.48. The fraction of sp³-hybridized carbons (Fsp3) is 0.435. The highest BCUT2D eigenvalue weighted by molar-refractivity contribution is 7.14. The van der Waals surface area contributed by atoms with E-state index in [4.69, 9.17) is 18.9 Å². The second-order valence-corrected chi connectivity index (χ2v) is 8.65. The van der Waals surface area contributed by atoms with E-state index in [0.29, 0.717) is 46.4 Å². The summed E-state index contributed by atoms with van der Waals surface area (Å²) in [5.74, 6) is -0.488. The average Bonchev–Trinajstić information content (AvgIpc) is 3.27. The first-order chi connectivity index (χ1) is 15.8. The lowest BCUT2D eigenvalue weighted by molar-refractivity contribution is -0.129. The van der Waals surface area contributed by atoms with E-state index in [1.54, 1.807) is 33.1 Å². The molecule has 1 aliphatic rings. The lowest BCUT2D eigenvalue weighted by atomic mass is 9.94. The summed E-state index contributed by atoms with van der Waals surface area (Å²) in [4.78, 5) is 32.8. The number of carbonyl (C=O) groups is 2. The van der Waals surface area contributed by atoms with Crippen LogP contribution in [0, 0.1) is 13.8 Å². The summed E-state index contributed by atoms with van der Waals surface area (Å²) >= 11 is 1.23. The number of aromatic nitrogens is 1. The largest absolute Gasteiger partial charge is 0.503 e. The van der Waals surface area contributed by atoms with Gasteiger partial charge in [-0.25, -0.2) is 4.98 Å². The summed E-state index contributed by atoms with van der Waals surface area (Å²) in [5, 5.41) is 11.6. The molecule has 0 saturated heterocycles. The number of hydrogen-bond acceptors (Lipinski definition) is 9. The number of benzene rings is 1. The lowest BCUT2D eigenvalue weighted by Gasteiger charge is -2.27. The molecular weight excluding hydrogens is 448 g/mol. The molecule has 1 aliphatic heterocycles. The number of methoxy groups -OCH3 is 4. The average molecular weight is 477 g/mol. The number of nitrogens with zero attached hydrogens (tertiary/aromatic N) is 2. The predicted molar refractivity (Wildman–Crippen MR) is 123 cm³/mol. The van der Waals surface area contributed by atoms with Crippen molar-refractivity contribution in [2.45, 2.75) is 26.3 Å². The van der Waals surface area contributed by atoms with Crippen LogP contribution in [0.4, 0.5) is 0 Å². The first-order valence-corrected chi connectivity index (χ1v) is 11.1. The number of aliphatic hydroxyl groups excluding tert-OH is 1. The zero-order valence-electron chi connectivity index (χ0n) is 19.6. The van der Waals surface area contributed by atoms with Gasteiger partial charge >= 0.3 is 0 Å². The van der Waals surface area contributed by atoms with Crippen LogP contribution < -0.4 is 14.2 Å². The zero-order valence-corrected chi connectivity index (χ0v) is 20.4. The first kappa shape index (κ1) is 24.5. The maximum absolute atomic E-state index is 13.6. The van der Waals surface area contributed by atoms with Crippen molar-refractivity contribution < 1.29 is 33.6 Å². The summed E-state index contributed by atoms with van der Waals surface area (Å²) in [6.45, 7) is 4.23. The van der Waals surface area contributed by atoms with E-state index in [-0.39, 0.29) is 12.1 Å². The monoisotopic (exact) mass is 476 g/mol. The van der Waals surface area contributed by atoms with Crippen LogP contribution in [0.3, 0.4) is 0 Å². The number of ether oxygens (including phenoxy) is 4. The van der Waals surface area contributed by atoms with Crippen LogP contribution in [0.5, 0.6) is 17.2 Å². The Bertz CT molecular complexity index is 1070. The van der Waals surface area contributed by atoms with Crippen LogP contribution in [0.1, 0.15) is 38.4 Å². The second kappa shape index (κ2) is 10.2. The fourth-order valence-electron chi connectivity index (χ4n) is 3.97. The van der Waals surface area contributed by atoms with Gasteiger partial charge in [0.25, 0.3) is 5.91 Å². The Morgan fingerprint density at radius 1 is 1.12 bits per heavy atom. The second-order valence-electron chi connectivity index (χ2n) is 7.44. The van der Waals surface area contributed by atoms with Gasteiger partial charge in [0.2, 0.25) is 11.5 Å². The van der Waals surface area contributed by atoms with Gasteiger partial charge in [-0.05, 0) is 38.0 Å². The molecule has 2 heterocycles. The Kier molecular flexibility index (Phi) is 7.60. The van der Waals surface area contributed by atoms with Crippen LogP contribution >= 0.6 is 11.3 Å². The maximum atomic E-state index is 13.6. The topological polar surface area (TPSA) is 107 Å². The van der Waals surface area contributed by atoms with Crippen molar-refractivity contribution in [2.24, 2.45) is 0 Å². The van der Waals surface area contributed by atoms with Crippen molar-refractivity contribution in [3.8, 4) is 17.2 Å². The van der Waals surface area contributed by atoms with Crippen LogP contribution in [-0.2, 0) is 9.53 Å². The Balaban J connectivity index is 2.18. The van der Waals surface area contributed by atoms with Gasteiger partial charge in [0, 0.05) is 20.3 Å². The molecule has 0 radical (unpaired) electrons. The molecule has 10 heteroatoms. The van der Waals surface area contributed by atoms with E-state index < -0.39 is 23.5 Å². The molecule has 0 aliphatic carbocycles. The molecule has 0 bridgehead atoms. The quantitative estimate of drug-likeness (QED) is 0.411. The van der Waals surface area contributed by atoms with Gasteiger partial charge < -0.3 is 29.0 Å². The molecule has 1 aromatic heterocycles. The van der Waals surface area contributed by atoms with E-state index >= 15 is 0 Å². The van der Waals surface area contributed by atoms with Crippen LogP contribution in [0.15, 0.2) is 23.5 Å². The van der Waals surface area contributed by atoms with E-state index in [1.165, 1.54) is 37.6 Å². The predicted octanol–water partition coefficient (Wildman–Crippen LogP) is 3.40. The number of ketones is 1. The number of thiazole rings is 1. The Morgan fingerprint density at radius 2 is 1.76 bits per heavy atom. The molecule has 1 N–H and O–H groups in total. The van der Waals surface area contributed by atoms with E-state index in [0.717, 1.165) is 5.01 Å². The van der Waals surface area contributed by atoms with Gasteiger partial charge in [-0.3, -0.25) is 9.59 Å². The summed E-state index contributed by atoms with van der Waals surface area (Å²) in [6, 6.07) is 2.51. The van der Waals surface area contributed by atoms with Crippen molar-refractivity contribution in [1.29, 1.82) is 0 Å². The number of aliphatic hydroxyl groups is 1. The Hall–Kier alpha value is -3.11. The number of aryl methyl sites for hydroxylation is 2. The van der Waals surface area contributed by atoms with Crippen LogP contribution in [0.25, 0.3) is 0 Å². The van der Waals surface area contributed by atoms with Gasteiger partial charge in [-0.15, -0.1) is 11.3 Å². The fourth-order valence-corrected chi connectivity index (χ4v) is 4.84. The van der Waals surface area contributed by atoms with Gasteiger partial charge in [-0.2, -0.15) is 0 Å². The molecule has 9 nitrogen and oxygen atoms in total. The smallest absolute Gasteiger partial charge is 0.290 e. The molecule has 33 heavy (non-hydrogen) atoms. The molecule has 2 aromatic rings. The number of hydrogen-bond donors (Lipinski definition) is 1. The highest BCUT2D eigenvalue weighted by Gasteiger charge is 2.44. The Morgan fingerprint density at radius 3 is 2.24 bits per heavy atom. The van der Waals surface area contributed by atoms with Gasteiger partial charge in [0.05, 0.1) is 48.5 Å². The standard InChI is InChI=1S/C23H28N2O7S/c1-12-22(33-13(2)24-12)19(26)17-18(25(8-7-9-29-3)23(28)20(17)27)14-10-15(30-4)21(32-6)16(11-14)31-5/h10-11,18,27H,7-9H2,1-6H3. The highest BCUT2D eigenvalue weighted by Crippen LogP contribution is 2.46. The normalized spacial score (nSPS) is 15.9. The molecular formula is C23H28N2O7S. The van der Waals surface area contributed by atoms with Gasteiger partial charge in [0.1, 0.15) is 0 Å². The molecule has 178 valence electrons. The molecule has 3 rings (SSSR count). The lowest BCUT2D eigenvalue weighted by Crippen LogP contribution is -2.32. The van der Waals surface area contributed by atoms with Crippen molar-refractivity contribution in [2.75, 3.05) is 41.6 Å². The first-order valence-electron chi connectivity index (χ1n) is 10.3. The molecule has 1 amide bonds. The summed E-state index contributed by atoms with van der Waals surface area (Å²) in [7, 11) is 6.04. The SMILES string of the molecule is COCCCN1C(=O)C(O)=C(C(=O)c2sc(C)nc2C)C1c1cc(OC)c(OC)c(OC)c1. The Labute approximate surface area is 196 Å². The molecule has 0 spiro atoms. The van der Waals surface area contributed by atoms with Gasteiger partial charge in [-0.1, -0.05) is 0 Å². The third kappa shape index (κ3) is 4.53. The maximum Gasteiger partial charge on any atom is 0.290 e. The molecule has 0 fully saturated rings. The minimum atomic E-state index is -0.850. The number of carbonyl (C=O) groups excluding carboxylic acids is 2. The van der Waals surface area contributed by atoms with Crippen LogP contribution in [-0.4, -0.2) is 68.3 Å². The summed E-state index contributed by atoms with van der Waals surface area (Å²) < 4.78 is 21.5.